The smallest absolute Gasteiger partial charge is 0.232 e. The lowest BCUT2D eigenvalue weighted by Crippen LogP contribution is -2.39. The summed E-state index contributed by atoms with van der Waals surface area (Å²) in [5.41, 5.74) is 0. The number of carbonyl (C=O) groups excluding carboxylic acids is 1. The first-order chi connectivity index (χ1) is 8.11. The minimum absolute atomic E-state index is 0.0470. The van der Waals surface area contributed by atoms with Crippen LogP contribution >= 0.6 is 0 Å². The van der Waals surface area contributed by atoms with Crippen molar-refractivity contribution in [1.82, 2.24) is 5.32 Å². The molecule has 1 aliphatic carbocycles. The molecule has 100 valence electrons. The van der Waals surface area contributed by atoms with Gasteiger partial charge in [0.15, 0.2) is 0 Å². The summed E-state index contributed by atoms with van der Waals surface area (Å²) >= 11 is 0. The molecule has 2 atom stereocenters. The van der Waals surface area contributed by atoms with Crippen LogP contribution in [0.2, 0.25) is 0 Å². The maximum absolute atomic E-state index is 11.5. The van der Waals surface area contributed by atoms with E-state index in [-0.39, 0.29) is 23.5 Å². The summed E-state index contributed by atoms with van der Waals surface area (Å²) in [6.45, 7) is -0.421. The molecule has 0 saturated heterocycles. The highest BCUT2D eigenvalue weighted by Gasteiger charge is 2.18. The van der Waals surface area contributed by atoms with Crippen LogP contribution < -0.4 is 5.32 Å². The van der Waals surface area contributed by atoms with Crippen molar-refractivity contribution in [2.45, 2.75) is 44.2 Å². The summed E-state index contributed by atoms with van der Waals surface area (Å²) in [5, 5.41) is 20.5. The number of hydrogen-bond acceptors (Lipinski definition) is 4. The minimum atomic E-state index is -1.41. The third-order valence-corrected chi connectivity index (χ3v) is 4.19. The Kier molecular flexibility index (Phi) is 6.69. The van der Waals surface area contributed by atoms with Crippen molar-refractivity contribution >= 4 is 16.7 Å². The molecule has 0 bridgehead atoms. The number of hydrogen-bond donors (Lipinski definition) is 3. The summed E-state index contributed by atoms with van der Waals surface area (Å²) in [7, 11) is -1.41. The quantitative estimate of drug-likeness (QED) is 0.605. The molecule has 17 heavy (non-hydrogen) atoms. The maximum atomic E-state index is 11.5. The van der Waals surface area contributed by atoms with Gasteiger partial charge in [-0.1, -0.05) is 19.3 Å². The number of aliphatic hydroxyl groups is 2. The molecule has 6 heteroatoms. The average molecular weight is 263 g/mol. The van der Waals surface area contributed by atoms with Gasteiger partial charge < -0.3 is 15.5 Å². The van der Waals surface area contributed by atoms with E-state index in [9.17, 15) is 9.00 Å². The van der Waals surface area contributed by atoms with Crippen molar-refractivity contribution in [2.24, 2.45) is 0 Å². The second-order valence-electron chi connectivity index (χ2n) is 4.49. The van der Waals surface area contributed by atoms with Crippen LogP contribution in [0.25, 0.3) is 0 Å². The Morgan fingerprint density at radius 1 is 1.35 bits per heavy atom. The fourth-order valence-corrected chi connectivity index (χ4v) is 3.02. The van der Waals surface area contributed by atoms with E-state index in [1.165, 1.54) is 6.42 Å². The van der Waals surface area contributed by atoms with Crippen molar-refractivity contribution in [3.8, 4) is 0 Å². The highest BCUT2D eigenvalue weighted by atomic mass is 32.2. The third-order valence-electron chi connectivity index (χ3n) is 2.85. The van der Waals surface area contributed by atoms with E-state index >= 15 is 0 Å². The van der Waals surface area contributed by atoms with Crippen LogP contribution in [0, 0.1) is 0 Å². The van der Waals surface area contributed by atoms with Gasteiger partial charge in [0.05, 0.1) is 18.5 Å². The molecule has 0 radical (unpaired) electrons. The Morgan fingerprint density at radius 3 is 2.59 bits per heavy atom. The minimum Gasteiger partial charge on any atom is -0.394 e. The van der Waals surface area contributed by atoms with Gasteiger partial charge in [-0.05, 0) is 12.8 Å². The Hall–Kier alpha value is -0.460. The fraction of sp³-hybridized carbons (Fsp3) is 0.909. The number of amides is 1. The van der Waals surface area contributed by atoms with Gasteiger partial charge in [-0.25, -0.2) is 0 Å². The standard InChI is InChI=1S/C11H21NO4S/c13-6-10(14)7-17(16)8-11(15)12-9-4-2-1-3-5-9/h9-10,13-14H,1-8H2,(H,12,15). The first kappa shape index (κ1) is 14.6. The summed E-state index contributed by atoms with van der Waals surface area (Å²) in [6, 6.07) is 0.219. The van der Waals surface area contributed by atoms with E-state index in [1.807, 2.05) is 0 Å². The van der Waals surface area contributed by atoms with Gasteiger partial charge in [0.2, 0.25) is 5.91 Å². The van der Waals surface area contributed by atoms with Crippen molar-refractivity contribution < 1.29 is 19.2 Å². The van der Waals surface area contributed by atoms with Crippen LogP contribution in [0.3, 0.4) is 0 Å². The first-order valence-corrected chi connectivity index (χ1v) is 7.54. The molecule has 0 aromatic rings. The Morgan fingerprint density at radius 2 is 2.00 bits per heavy atom. The number of nitrogens with one attached hydrogen (secondary N) is 1. The fourth-order valence-electron chi connectivity index (χ4n) is 1.99. The van der Waals surface area contributed by atoms with Gasteiger partial charge in [-0.3, -0.25) is 9.00 Å². The maximum Gasteiger partial charge on any atom is 0.232 e. The second-order valence-corrected chi connectivity index (χ2v) is 5.99. The Bertz CT molecular complexity index is 266. The van der Waals surface area contributed by atoms with Crippen molar-refractivity contribution in [3.63, 3.8) is 0 Å². The molecule has 2 unspecified atom stereocenters. The second kappa shape index (κ2) is 7.79. The van der Waals surface area contributed by atoms with Gasteiger partial charge in [0.1, 0.15) is 5.75 Å². The highest BCUT2D eigenvalue weighted by Crippen LogP contribution is 2.17. The SMILES string of the molecule is O=C(CS(=O)CC(O)CO)NC1CCCCC1. The van der Waals surface area contributed by atoms with Crippen LogP contribution in [-0.2, 0) is 15.6 Å². The van der Waals surface area contributed by atoms with Crippen molar-refractivity contribution in [2.75, 3.05) is 18.1 Å². The molecule has 1 rings (SSSR count). The molecule has 1 saturated carbocycles. The average Bonchev–Trinajstić information content (AvgIpc) is 2.29. The summed E-state index contributed by atoms with van der Waals surface area (Å²) in [4.78, 5) is 11.5. The van der Waals surface area contributed by atoms with E-state index < -0.39 is 23.5 Å². The number of carbonyl (C=O) groups is 1. The van der Waals surface area contributed by atoms with Crippen LogP contribution in [-0.4, -0.2) is 50.6 Å². The van der Waals surface area contributed by atoms with Crippen molar-refractivity contribution in [1.29, 1.82) is 0 Å². The highest BCUT2D eigenvalue weighted by molar-refractivity contribution is 7.85. The molecule has 0 spiro atoms. The molecule has 0 aromatic heterocycles. The van der Waals surface area contributed by atoms with Gasteiger partial charge in [-0.2, -0.15) is 0 Å². The van der Waals surface area contributed by atoms with Crippen LogP contribution in [0.1, 0.15) is 32.1 Å². The molecule has 5 nitrogen and oxygen atoms in total. The molecular weight excluding hydrogens is 242 g/mol. The van der Waals surface area contributed by atoms with E-state index in [2.05, 4.69) is 5.32 Å². The predicted octanol–water partition coefficient (Wildman–Crippen LogP) is -0.463. The lowest BCUT2D eigenvalue weighted by atomic mass is 9.95. The predicted molar refractivity (Wildman–Crippen MR) is 66.0 cm³/mol. The zero-order valence-electron chi connectivity index (χ0n) is 9.93. The number of aliphatic hydroxyl groups excluding tert-OH is 2. The largest absolute Gasteiger partial charge is 0.394 e. The Labute approximate surface area is 104 Å². The summed E-state index contributed by atoms with van der Waals surface area (Å²) < 4.78 is 11.4. The third kappa shape index (κ3) is 6.14. The van der Waals surface area contributed by atoms with Crippen molar-refractivity contribution in [3.05, 3.63) is 0 Å². The van der Waals surface area contributed by atoms with Crippen LogP contribution in [0.5, 0.6) is 0 Å². The normalized spacial score (nSPS) is 20.8. The van der Waals surface area contributed by atoms with E-state index in [4.69, 9.17) is 10.2 Å². The van der Waals surface area contributed by atoms with Gasteiger partial charge in [-0.15, -0.1) is 0 Å². The zero-order chi connectivity index (χ0) is 12.7. The monoisotopic (exact) mass is 263 g/mol. The molecule has 0 heterocycles. The Balaban J connectivity index is 2.21. The van der Waals surface area contributed by atoms with Gasteiger partial charge in [0, 0.05) is 16.8 Å². The molecule has 0 aromatic carbocycles. The lowest BCUT2D eigenvalue weighted by Gasteiger charge is -2.22. The van der Waals surface area contributed by atoms with E-state index in [1.54, 1.807) is 0 Å². The lowest BCUT2D eigenvalue weighted by molar-refractivity contribution is -0.119. The summed E-state index contributed by atoms with van der Waals surface area (Å²) in [6.07, 6.45) is 4.49. The first-order valence-electron chi connectivity index (χ1n) is 6.05. The van der Waals surface area contributed by atoms with Gasteiger partial charge in [0.25, 0.3) is 0 Å². The van der Waals surface area contributed by atoms with Crippen LogP contribution in [0.15, 0.2) is 0 Å². The van der Waals surface area contributed by atoms with Gasteiger partial charge >= 0.3 is 0 Å². The molecular formula is C11H21NO4S. The topological polar surface area (TPSA) is 86.6 Å². The van der Waals surface area contributed by atoms with E-state index in [0.717, 1.165) is 25.7 Å². The van der Waals surface area contributed by atoms with Crippen LogP contribution in [0.4, 0.5) is 0 Å². The molecule has 1 fully saturated rings. The molecule has 3 N–H and O–H groups in total. The number of rotatable bonds is 6. The molecule has 0 aliphatic heterocycles. The zero-order valence-corrected chi connectivity index (χ0v) is 10.7. The van der Waals surface area contributed by atoms with E-state index in [0.29, 0.717) is 0 Å². The summed E-state index contributed by atoms with van der Waals surface area (Å²) in [5.74, 6) is -0.359. The molecule has 1 amide bonds. The molecule has 1 aliphatic rings.